The summed E-state index contributed by atoms with van der Waals surface area (Å²) in [5.41, 5.74) is 0.825. The zero-order valence-electron chi connectivity index (χ0n) is 35.7. The van der Waals surface area contributed by atoms with E-state index in [1.165, 1.54) is 13.2 Å². The maximum atomic E-state index is 14.2. The third-order valence-corrected chi connectivity index (χ3v) is 11.0. The molecule has 0 aliphatic carbocycles. The molecule has 9 heteroatoms. The molecule has 1 amide bonds. The van der Waals surface area contributed by atoms with E-state index in [0.29, 0.717) is 30.6 Å². The molecule has 1 heterocycles. The van der Waals surface area contributed by atoms with Crippen molar-refractivity contribution in [2.75, 3.05) is 13.7 Å². The van der Waals surface area contributed by atoms with Gasteiger partial charge in [0.2, 0.25) is 5.91 Å². The molecule has 1 saturated heterocycles. The Morgan fingerprint density at radius 3 is 2.00 bits per heavy atom. The minimum atomic E-state index is -0.746. The molecule has 3 aromatic rings. The highest BCUT2D eigenvalue weighted by Gasteiger charge is 2.48. The SMILES string of the molecule is CCC(C)(CC(C)(C)C)C(=O)NC1CC(C)(C)N(OCC(CC(CC(=O)c2ccccc2)c2ccccc2)C(=O)Oc2ccc(/C=C/C(=O)OC)cc2)C(C)(C)C1.[3HH]. The van der Waals surface area contributed by atoms with Gasteiger partial charge in [-0.1, -0.05) is 107 Å². The van der Waals surface area contributed by atoms with Gasteiger partial charge in [0.25, 0.3) is 0 Å². The van der Waals surface area contributed by atoms with Crippen molar-refractivity contribution in [2.24, 2.45) is 16.7 Å². The number of carbonyl (C=O) groups is 4. The maximum Gasteiger partial charge on any atom is 0.330 e. The van der Waals surface area contributed by atoms with Crippen molar-refractivity contribution in [1.29, 1.82) is 0 Å². The van der Waals surface area contributed by atoms with Gasteiger partial charge in [0.1, 0.15) is 5.75 Å². The van der Waals surface area contributed by atoms with Crippen molar-refractivity contribution in [3.05, 3.63) is 108 Å². The Hall–Kier alpha value is -4.60. The molecule has 1 fully saturated rings. The summed E-state index contributed by atoms with van der Waals surface area (Å²) in [6.07, 6.45) is 6.29. The highest BCUT2D eigenvalue weighted by Crippen LogP contribution is 2.41. The monoisotopic (exact) mass is 784 g/mol. The molecule has 0 bridgehead atoms. The van der Waals surface area contributed by atoms with Crippen LogP contribution in [0.1, 0.15) is 130 Å². The van der Waals surface area contributed by atoms with E-state index in [0.717, 1.165) is 24.0 Å². The van der Waals surface area contributed by atoms with Gasteiger partial charge in [-0.25, -0.2) is 4.79 Å². The van der Waals surface area contributed by atoms with Gasteiger partial charge in [-0.05, 0) is 100 Å². The van der Waals surface area contributed by atoms with Crippen LogP contribution in [-0.2, 0) is 24.0 Å². The van der Waals surface area contributed by atoms with Crippen molar-refractivity contribution >= 4 is 29.7 Å². The molecule has 1 aliphatic heterocycles. The van der Waals surface area contributed by atoms with Crippen molar-refractivity contribution in [1.82, 2.24) is 10.4 Å². The lowest BCUT2D eigenvalue weighted by Crippen LogP contribution is -2.65. The van der Waals surface area contributed by atoms with E-state index in [4.69, 9.17) is 9.57 Å². The minimum Gasteiger partial charge on any atom is -0.466 e. The number of nitrogens with one attached hydrogen (secondary N) is 1. The fourth-order valence-electron chi connectivity index (χ4n) is 8.46. The van der Waals surface area contributed by atoms with Crippen LogP contribution in [0.4, 0.5) is 0 Å². The molecule has 1 N–H and O–H groups in total. The Morgan fingerprint density at radius 1 is 0.877 bits per heavy atom. The second-order valence-corrected chi connectivity index (χ2v) is 18.3. The van der Waals surface area contributed by atoms with Crippen LogP contribution in [0.25, 0.3) is 6.08 Å². The van der Waals surface area contributed by atoms with E-state index in [1.54, 1.807) is 30.3 Å². The molecule has 0 radical (unpaired) electrons. The Kier molecular flexibility index (Phi) is 15.2. The summed E-state index contributed by atoms with van der Waals surface area (Å²) in [5.74, 6) is -1.57. The van der Waals surface area contributed by atoms with Gasteiger partial charge in [-0.15, -0.1) is 0 Å². The fourth-order valence-corrected chi connectivity index (χ4v) is 8.46. The lowest BCUT2D eigenvalue weighted by molar-refractivity contribution is -0.289. The Bertz CT molecular complexity index is 1820. The summed E-state index contributed by atoms with van der Waals surface area (Å²) in [6.45, 7) is 19.1. The third kappa shape index (κ3) is 13.0. The summed E-state index contributed by atoms with van der Waals surface area (Å²) in [5, 5.41) is 5.41. The number of Topliss-reactive ketones (excluding diaryl/α,β-unsaturated/α-hetero) is 1. The lowest BCUT2D eigenvalue weighted by Gasteiger charge is -2.54. The predicted octanol–water partition coefficient (Wildman–Crippen LogP) is 10.0. The van der Waals surface area contributed by atoms with Crippen molar-refractivity contribution in [3.63, 3.8) is 0 Å². The van der Waals surface area contributed by atoms with Crippen LogP contribution in [-0.4, -0.2) is 59.5 Å². The molecule has 3 unspecified atom stereocenters. The van der Waals surface area contributed by atoms with Crippen LogP contribution >= 0.6 is 0 Å². The Morgan fingerprint density at radius 2 is 1.46 bits per heavy atom. The first-order chi connectivity index (χ1) is 26.7. The molecule has 3 atom stereocenters. The van der Waals surface area contributed by atoms with E-state index >= 15 is 0 Å². The zero-order valence-corrected chi connectivity index (χ0v) is 35.7. The predicted molar refractivity (Wildman–Crippen MR) is 228 cm³/mol. The molecular weight excluding hydrogens is 717 g/mol. The average molecular weight is 785 g/mol. The number of rotatable bonds is 17. The van der Waals surface area contributed by atoms with E-state index < -0.39 is 34.3 Å². The van der Waals surface area contributed by atoms with Crippen LogP contribution < -0.4 is 10.1 Å². The van der Waals surface area contributed by atoms with Gasteiger partial charge >= 0.3 is 11.9 Å². The molecule has 0 saturated carbocycles. The molecule has 3 aromatic carbocycles. The maximum absolute atomic E-state index is 14.2. The van der Waals surface area contributed by atoms with Gasteiger partial charge < -0.3 is 14.8 Å². The summed E-state index contributed by atoms with van der Waals surface area (Å²) < 4.78 is 10.7. The fraction of sp³-hybridized carbons (Fsp3) is 0.500. The van der Waals surface area contributed by atoms with Crippen LogP contribution in [0.2, 0.25) is 0 Å². The van der Waals surface area contributed by atoms with Crippen molar-refractivity contribution in [3.8, 4) is 5.75 Å². The second-order valence-electron chi connectivity index (χ2n) is 18.3. The summed E-state index contributed by atoms with van der Waals surface area (Å²) in [4.78, 5) is 60.0. The molecule has 0 aromatic heterocycles. The quantitative estimate of drug-likeness (QED) is 0.0624. The number of hydroxylamine groups is 2. The third-order valence-electron chi connectivity index (χ3n) is 11.0. The highest BCUT2D eigenvalue weighted by atomic mass is 16.7. The molecule has 4 rings (SSSR count). The number of ether oxygens (including phenoxy) is 2. The number of nitrogens with zero attached hydrogens (tertiary/aromatic N) is 1. The Labute approximate surface area is 342 Å². The number of piperidine rings is 1. The Balaban J connectivity index is 0.00000900. The van der Waals surface area contributed by atoms with E-state index in [-0.39, 0.29) is 43.5 Å². The van der Waals surface area contributed by atoms with E-state index in [1.807, 2.05) is 65.7 Å². The molecule has 1 aliphatic rings. The number of benzene rings is 3. The number of amides is 1. The summed E-state index contributed by atoms with van der Waals surface area (Å²) in [6, 6.07) is 25.8. The number of hydrogen-bond acceptors (Lipinski definition) is 8. The van der Waals surface area contributed by atoms with Crippen molar-refractivity contribution < 1.29 is 34.9 Å². The number of carbonyl (C=O) groups excluding carboxylic acids is 4. The summed E-state index contributed by atoms with van der Waals surface area (Å²) >= 11 is 0. The average Bonchev–Trinajstić information content (AvgIpc) is 3.15. The van der Waals surface area contributed by atoms with Crippen LogP contribution in [0.3, 0.4) is 0 Å². The number of ketones is 1. The van der Waals surface area contributed by atoms with Gasteiger partial charge in [0.05, 0.1) is 19.6 Å². The normalized spacial score (nSPS) is 17.9. The second kappa shape index (κ2) is 19.2. The van der Waals surface area contributed by atoms with Gasteiger partial charge in [0, 0.05) is 42.0 Å². The molecule has 57 heavy (non-hydrogen) atoms. The number of methoxy groups -OCH3 is 1. The lowest BCUT2D eigenvalue weighted by atomic mass is 9.72. The highest BCUT2D eigenvalue weighted by molar-refractivity contribution is 5.96. The molecule has 0 spiro atoms. The minimum absolute atomic E-state index is 0. The van der Waals surface area contributed by atoms with Gasteiger partial charge in [-0.3, -0.25) is 19.2 Å². The van der Waals surface area contributed by atoms with Gasteiger partial charge in [-0.2, -0.15) is 5.06 Å². The smallest absolute Gasteiger partial charge is 0.330 e. The first kappa shape index (κ1) is 45.1. The molecular formula is C48H66N2O7. The van der Waals surface area contributed by atoms with E-state index in [2.05, 4.69) is 72.4 Å². The standard InChI is InChI=1S/C48H64N2O7.H2/c1-11-48(9,33-45(2,3)4)44(54)49-39-30-46(5,6)50(47(7,8)31-39)56-32-38(43(53)57-40-25-22-34(23-26-40)24-27-42(52)55-10)28-37(35-18-14-12-15-19-35)29-41(51)36-20-16-13-17-21-36;/h12-27,37-39H,11,28-33H2,1-10H3,(H,49,54);1H/b27-24+;/i;1+2. The largest absolute Gasteiger partial charge is 0.466 e. The van der Waals surface area contributed by atoms with Gasteiger partial charge in [0.15, 0.2) is 5.78 Å². The summed E-state index contributed by atoms with van der Waals surface area (Å²) in [7, 11) is 1.32. The first-order valence-electron chi connectivity index (χ1n) is 20.2. The first-order valence-corrected chi connectivity index (χ1v) is 20.2. The number of hydrogen-bond donors (Lipinski definition) is 1. The molecule has 9 nitrogen and oxygen atoms in total. The van der Waals surface area contributed by atoms with Crippen molar-refractivity contribution in [2.45, 2.75) is 124 Å². The molecule has 310 valence electrons. The van der Waals surface area contributed by atoms with Crippen LogP contribution in [0.15, 0.2) is 91.0 Å². The topological polar surface area (TPSA) is 111 Å². The number of esters is 2. The van der Waals surface area contributed by atoms with Crippen LogP contribution in [0, 0.1) is 16.7 Å². The van der Waals surface area contributed by atoms with Crippen LogP contribution in [0.5, 0.6) is 5.75 Å². The zero-order chi connectivity index (χ0) is 42.0. The van der Waals surface area contributed by atoms with E-state index in [9.17, 15) is 19.2 Å².